The molecule has 80 valence electrons. The predicted octanol–water partition coefficient (Wildman–Crippen LogP) is -0.626. The van der Waals surface area contributed by atoms with Gasteiger partial charge in [-0.15, -0.1) is 0 Å². The lowest BCUT2D eigenvalue weighted by atomic mass is 9.90. The quantitative estimate of drug-likeness (QED) is 0.528. The summed E-state index contributed by atoms with van der Waals surface area (Å²) in [5.41, 5.74) is 3.94. The van der Waals surface area contributed by atoms with E-state index < -0.39 is 17.6 Å². The minimum absolute atomic E-state index is 0.0190. The molecule has 0 spiro atoms. The van der Waals surface area contributed by atoms with Crippen LogP contribution in [0.1, 0.15) is 19.8 Å². The SMILES string of the molecule is CC(C=O)C1CC(O)(C(=O)O)CC1N. The Morgan fingerprint density at radius 1 is 1.64 bits per heavy atom. The van der Waals surface area contributed by atoms with E-state index >= 15 is 0 Å². The monoisotopic (exact) mass is 201 g/mol. The molecular weight excluding hydrogens is 186 g/mol. The van der Waals surface area contributed by atoms with Gasteiger partial charge < -0.3 is 20.7 Å². The summed E-state index contributed by atoms with van der Waals surface area (Å²) in [5, 5.41) is 18.4. The number of aliphatic hydroxyl groups is 1. The Morgan fingerprint density at radius 3 is 2.57 bits per heavy atom. The molecule has 0 aromatic heterocycles. The second kappa shape index (κ2) is 3.67. The third-order valence-electron chi connectivity index (χ3n) is 2.98. The van der Waals surface area contributed by atoms with Gasteiger partial charge in [-0.3, -0.25) is 0 Å². The smallest absolute Gasteiger partial charge is 0.335 e. The number of carbonyl (C=O) groups is 2. The van der Waals surface area contributed by atoms with Crippen molar-refractivity contribution in [1.29, 1.82) is 0 Å². The summed E-state index contributed by atoms with van der Waals surface area (Å²) in [4.78, 5) is 21.3. The number of hydrogen-bond acceptors (Lipinski definition) is 4. The Bertz CT molecular complexity index is 255. The van der Waals surface area contributed by atoms with Crippen LogP contribution in [0.25, 0.3) is 0 Å². The molecule has 1 rings (SSSR count). The topological polar surface area (TPSA) is 101 Å². The van der Waals surface area contributed by atoms with Crippen molar-refractivity contribution in [3.05, 3.63) is 0 Å². The first kappa shape index (κ1) is 11.1. The van der Waals surface area contributed by atoms with Gasteiger partial charge in [-0.1, -0.05) is 6.92 Å². The summed E-state index contributed by atoms with van der Waals surface area (Å²) in [6.07, 6.45) is 0.826. The number of aliphatic carboxylic acids is 1. The molecule has 4 unspecified atom stereocenters. The minimum atomic E-state index is -1.75. The first-order chi connectivity index (χ1) is 6.40. The van der Waals surface area contributed by atoms with Crippen molar-refractivity contribution in [2.45, 2.75) is 31.4 Å². The molecule has 0 aromatic carbocycles. The molecule has 0 bridgehead atoms. The molecule has 1 aliphatic rings. The lowest BCUT2D eigenvalue weighted by molar-refractivity contribution is -0.158. The molecule has 1 aliphatic carbocycles. The van der Waals surface area contributed by atoms with Gasteiger partial charge in [-0.05, 0) is 12.3 Å². The molecule has 0 saturated heterocycles. The average Bonchev–Trinajstić information content (AvgIpc) is 2.42. The zero-order valence-electron chi connectivity index (χ0n) is 8.01. The fraction of sp³-hybridized carbons (Fsp3) is 0.778. The van der Waals surface area contributed by atoms with Crippen LogP contribution in [0, 0.1) is 11.8 Å². The maximum absolute atomic E-state index is 10.7. The standard InChI is InChI=1S/C9H15NO4/c1-5(4-11)6-2-9(14,8(12)13)3-7(6)10/h4-7,14H,2-3,10H2,1H3,(H,12,13). The highest BCUT2D eigenvalue weighted by Gasteiger charge is 2.49. The van der Waals surface area contributed by atoms with E-state index in [0.717, 1.165) is 6.29 Å². The largest absolute Gasteiger partial charge is 0.479 e. The number of carbonyl (C=O) groups excluding carboxylic acids is 1. The third kappa shape index (κ3) is 1.78. The van der Waals surface area contributed by atoms with E-state index in [2.05, 4.69) is 0 Å². The van der Waals surface area contributed by atoms with Crippen LogP contribution in [-0.4, -0.2) is 34.1 Å². The van der Waals surface area contributed by atoms with Crippen molar-refractivity contribution in [1.82, 2.24) is 0 Å². The maximum Gasteiger partial charge on any atom is 0.335 e. The minimum Gasteiger partial charge on any atom is -0.479 e. The number of nitrogens with two attached hydrogens (primary N) is 1. The number of carboxylic acids is 1. The maximum atomic E-state index is 10.7. The van der Waals surface area contributed by atoms with Gasteiger partial charge in [0.25, 0.3) is 0 Å². The van der Waals surface area contributed by atoms with E-state index in [0.29, 0.717) is 0 Å². The molecule has 0 radical (unpaired) electrons. The highest BCUT2D eigenvalue weighted by Crippen LogP contribution is 2.37. The van der Waals surface area contributed by atoms with E-state index in [4.69, 9.17) is 10.8 Å². The summed E-state index contributed by atoms with van der Waals surface area (Å²) >= 11 is 0. The normalized spacial score (nSPS) is 39.4. The Kier molecular flexibility index (Phi) is 2.92. The fourth-order valence-electron chi connectivity index (χ4n) is 2.02. The van der Waals surface area contributed by atoms with Crippen molar-refractivity contribution >= 4 is 12.3 Å². The molecule has 0 amide bonds. The third-order valence-corrected chi connectivity index (χ3v) is 2.98. The van der Waals surface area contributed by atoms with Crippen molar-refractivity contribution in [2.24, 2.45) is 17.6 Å². The molecule has 0 aliphatic heterocycles. The number of carboxylic acid groups (broad SMARTS) is 1. The number of aldehydes is 1. The van der Waals surface area contributed by atoms with Gasteiger partial charge >= 0.3 is 5.97 Å². The van der Waals surface area contributed by atoms with Crippen LogP contribution in [0.4, 0.5) is 0 Å². The van der Waals surface area contributed by atoms with Crippen LogP contribution in [0.15, 0.2) is 0 Å². The van der Waals surface area contributed by atoms with Crippen LogP contribution in [0.3, 0.4) is 0 Å². The van der Waals surface area contributed by atoms with Gasteiger partial charge in [-0.2, -0.15) is 0 Å². The number of rotatable bonds is 3. The second-order valence-corrected chi connectivity index (χ2v) is 4.07. The molecule has 0 aromatic rings. The molecule has 5 nitrogen and oxygen atoms in total. The van der Waals surface area contributed by atoms with Crippen LogP contribution < -0.4 is 5.73 Å². The van der Waals surface area contributed by atoms with Gasteiger partial charge in [0.05, 0.1) is 0 Å². The fourth-order valence-corrected chi connectivity index (χ4v) is 2.02. The van der Waals surface area contributed by atoms with Gasteiger partial charge in [-0.25, -0.2) is 4.79 Å². The molecule has 4 atom stereocenters. The summed E-state index contributed by atoms with van der Waals surface area (Å²) in [5.74, 6) is -1.81. The summed E-state index contributed by atoms with van der Waals surface area (Å²) in [6.45, 7) is 1.69. The Labute approximate surface area is 81.9 Å². The highest BCUT2D eigenvalue weighted by molar-refractivity contribution is 5.78. The van der Waals surface area contributed by atoms with E-state index in [-0.39, 0.29) is 24.7 Å². The molecular formula is C9H15NO4. The van der Waals surface area contributed by atoms with Gasteiger partial charge in [0.1, 0.15) is 6.29 Å². The van der Waals surface area contributed by atoms with E-state index in [1.807, 2.05) is 0 Å². The Hall–Kier alpha value is -0.940. The van der Waals surface area contributed by atoms with Gasteiger partial charge in [0.15, 0.2) is 5.60 Å². The molecule has 14 heavy (non-hydrogen) atoms. The molecule has 0 heterocycles. The molecule has 4 N–H and O–H groups in total. The van der Waals surface area contributed by atoms with Crippen LogP contribution in [0.5, 0.6) is 0 Å². The summed E-state index contributed by atoms with van der Waals surface area (Å²) in [6, 6.07) is -0.420. The summed E-state index contributed by atoms with van der Waals surface area (Å²) < 4.78 is 0. The summed E-state index contributed by atoms with van der Waals surface area (Å²) in [7, 11) is 0. The predicted molar refractivity (Wildman–Crippen MR) is 48.5 cm³/mol. The van der Waals surface area contributed by atoms with Gasteiger partial charge in [0.2, 0.25) is 0 Å². The van der Waals surface area contributed by atoms with E-state index in [9.17, 15) is 14.7 Å². The molecule has 1 saturated carbocycles. The van der Waals surface area contributed by atoms with Crippen LogP contribution >= 0.6 is 0 Å². The van der Waals surface area contributed by atoms with Crippen molar-refractivity contribution in [2.75, 3.05) is 0 Å². The van der Waals surface area contributed by atoms with Crippen molar-refractivity contribution in [3.8, 4) is 0 Å². The van der Waals surface area contributed by atoms with Crippen LogP contribution in [-0.2, 0) is 9.59 Å². The second-order valence-electron chi connectivity index (χ2n) is 4.07. The van der Waals surface area contributed by atoms with Gasteiger partial charge in [0, 0.05) is 18.4 Å². The van der Waals surface area contributed by atoms with Crippen LogP contribution in [0.2, 0.25) is 0 Å². The lowest BCUT2D eigenvalue weighted by Gasteiger charge is -2.18. The highest BCUT2D eigenvalue weighted by atomic mass is 16.4. The Balaban J connectivity index is 2.78. The van der Waals surface area contributed by atoms with E-state index in [1.165, 1.54) is 0 Å². The zero-order valence-corrected chi connectivity index (χ0v) is 8.01. The van der Waals surface area contributed by atoms with E-state index in [1.54, 1.807) is 6.92 Å². The first-order valence-electron chi connectivity index (χ1n) is 4.57. The lowest BCUT2D eigenvalue weighted by Crippen LogP contribution is -2.36. The molecule has 1 fully saturated rings. The molecule has 5 heteroatoms. The number of hydrogen-bond donors (Lipinski definition) is 3. The van der Waals surface area contributed by atoms with Crippen molar-refractivity contribution < 1.29 is 19.8 Å². The van der Waals surface area contributed by atoms with Crippen molar-refractivity contribution in [3.63, 3.8) is 0 Å². The zero-order chi connectivity index (χ0) is 10.9. The Morgan fingerprint density at radius 2 is 2.21 bits per heavy atom. The average molecular weight is 201 g/mol. The first-order valence-corrected chi connectivity index (χ1v) is 4.57.